The van der Waals surface area contributed by atoms with Gasteiger partial charge in [0.2, 0.25) is 0 Å². The van der Waals surface area contributed by atoms with Gasteiger partial charge in [-0.25, -0.2) is 19.7 Å². The number of hydrogen-bond acceptors (Lipinski definition) is 8. The van der Waals surface area contributed by atoms with Crippen LogP contribution in [0.5, 0.6) is 5.75 Å². The Kier molecular flexibility index (Phi) is 6.34. The van der Waals surface area contributed by atoms with Gasteiger partial charge in [-0.2, -0.15) is 0 Å². The topological polar surface area (TPSA) is 109 Å². The fourth-order valence-corrected chi connectivity index (χ4v) is 4.84. The van der Waals surface area contributed by atoms with Crippen LogP contribution in [0.4, 0.5) is 17.3 Å². The minimum Gasteiger partial charge on any atom is -0.493 e. The first kappa shape index (κ1) is 23.4. The molecule has 0 spiro atoms. The van der Waals surface area contributed by atoms with Gasteiger partial charge >= 0.3 is 5.97 Å². The molecular weight excluding hydrogens is 478 g/mol. The average Bonchev–Trinajstić information content (AvgIpc) is 3.38. The Morgan fingerprint density at radius 2 is 1.94 bits per heavy atom. The molecule has 0 bridgehead atoms. The van der Waals surface area contributed by atoms with Crippen LogP contribution in [-0.2, 0) is 6.42 Å². The predicted molar refractivity (Wildman–Crippen MR) is 138 cm³/mol. The number of anilines is 3. The Morgan fingerprint density at radius 3 is 2.67 bits per heavy atom. The molecule has 182 valence electrons. The number of carbonyl (C=O) groups excluding carboxylic acids is 1. The molecule has 1 aliphatic rings. The standard InChI is InChI=1S/C26H23N5O4S/c1-3-31-22-19(25(32)30(2)21-5-4-11-27-23(21)31)13-16(14-28-22)10-12-35-18-8-6-17(7-9-18)24-29-20(15-36-24)26(33)34/h4-9,11,13-15H,3,10,12H2,1-2H3,(H,33,34). The van der Waals surface area contributed by atoms with E-state index in [0.29, 0.717) is 47.5 Å². The number of carboxylic acid groups (broad SMARTS) is 1. The van der Waals surface area contributed by atoms with Crippen molar-refractivity contribution in [1.82, 2.24) is 15.0 Å². The maximum atomic E-state index is 13.3. The minimum absolute atomic E-state index is 0.0385. The first-order valence-corrected chi connectivity index (χ1v) is 12.3. The second-order valence-electron chi connectivity index (χ2n) is 8.14. The zero-order valence-electron chi connectivity index (χ0n) is 19.7. The van der Waals surface area contributed by atoms with Gasteiger partial charge in [-0.15, -0.1) is 11.3 Å². The van der Waals surface area contributed by atoms with Crippen LogP contribution in [0.3, 0.4) is 0 Å². The fraction of sp³-hybridized carbons (Fsp3) is 0.192. The molecule has 0 radical (unpaired) electrons. The van der Waals surface area contributed by atoms with Crippen molar-refractivity contribution in [2.45, 2.75) is 13.3 Å². The zero-order valence-corrected chi connectivity index (χ0v) is 20.5. The van der Waals surface area contributed by atoms with Crippen LogP contribution in [0.1, 0.15) is 33.3 Å². The van der Waals surface area contributed by atoms with Crippen LogP contribution in [-0.4, -0.2) is 52.1 Å². The molecule has 0 fully saturated rings. The number of fused-ring (bicyclic) bond motifs is 2. The van der Waals surface area contributed by atoms with Gasteiger partial charge in [0.25, 0.3) is 5.91 Å². The van der Waals surface area contributed by atoms with Crippen LogP contribution in [0.25, 0.3) is 10.6 Å². The van der Waals surface area contributed by atoms with Crippen molar-refractivity contribution in [3.05, 3.63) is 77.1 Å². The lowest BCUT2D eigenvalue weighted by molar-refractivity contribution is 0.0691. The molecule has 9 nitrogen and oxygen atoms in total. The Balaban J connectivity index is 1.28. The first-order chi connectivity index (χ1) is 17.5. The highest BCUT2D eigenvalue weighted by molar-refractivity contribution is 7.13. The number of nitrogens with zero attached hydrogens (tertiary/aromatic N) is 5. The van der Waals surface area contributed by atoms with Gasteiger partial charge in [-0.1, -0.05) is 0 Å². The van der Waals surface area contributed by atoms with Crippen molar-refractivity contribution in [2.24, 2.45) is 0 Å². The number of aromatic nitrogens is 3. The lowest BCUT2D eigenvalue weighted by Crippen LogP contribution is -2.25. The lowest BCUT2D eigenvalue weighted by atomic mass is 10.1. The summed E-state index contributed by atoms with van der Waals surface area (Å²) in [6.07, 6.45) is 4.07. The summed E-state index contributed by atoms with van der Waals surface area (Å²) in [5.74, 6) is 0.820. The highest BCUT2D eigenvalue weighted by atomic mass is 32.1. The summed E-state index contributed by atoms with van der Waals surface area (Å²) in [7, 11) is 1.75. The third kappa shape index (κ3) is 4.38. The summed E-state index contributed by atoms with van der Waals surface area (Å²) in [4.78, 5) is 41.1. The third-order valence-corrected chi connectivity index (χ3v) is 6.79. The molecule has 1 aliphatic heterocycles. The predicted octanol–water partition coefficient (Wildman–Crippen LogP) is 4.67. The molecule has 36 heavy (non-hydrogen) atoms. The fourth-order valence-electron chi connectivity index (χ4n) is 4.04. The number of ether oxygens (including phenoxy) is 1. The maximum Gasteiger partial charge on any atom is 0.355 e. The number of thiazole rings is 1. The quantitative estimate of drug-likeness (QED) is 0.389. The highest BCUT2D eigenvalue weighted by Crippen LogP contribution is 2.37. The van der Waals surface area contributed by atoms with E-state index in [-0.39, 0.29) is 11.6 Å². The van der Waals surface area contributed by atoms with E-state index in [1.54, 1.807) is 24.3 Å². The molecule has 5 rings (SSSR count). The number of aromatic carboxylic acids is 1. The van der Waals surface area contributed by atoms with Crippen LogP contribution >= 0.6 is 11.3 Å². The Hall–Kier alpha value is -4.31. The molecule has 10 heteroatoms. The Morgan fingerprint density at radius 1 is 1.14 bits per heavy atom. The summed E-state index contributed by atoms with van der Waals surface area (Å²) in [5.41, 5.74) is 3.03. The van der Waals surface area contributed by atoms with Crippen LogP contribution in [0.15, 0.2) is 60.2 Å². The van der Waals surface area contributed by atoms with Crippen molar-refractivity contribution >= 4 is 40.5 Å². The first-order valence-electron chi connectivity index (χ1n) is 11.4. The normalized spacial score (nSPS) is 12.7. The van der Waals surface area contributed by atoms with Gasteiger partial charge in [0.05, 0.1) is 17.9 Å². The van der Waals surface area contributed by atoms with Crippen molar-refractivity contribution in [2.75, 3.05) is 30.0 Å². The van der Waals surface area contributed by atoms with Crippen molar-refractivity contribution < 1.29 is 19.4 Å². The van der Waals surface area contributed by atoms with Gasteiger partial charge in [-0.3, -0.25) is 4.79 Å². The number of hydrogen-bond donors (Lipinski definition) is 1. The van der Waals surface area contributed by atoms with E-state index < -0.39 is 5.97 Å². The highest BCUT2D eigenvalue weighted by Gasteiger charge is 2.30. The van der Waals surface area contributed by atoms with Crippen LogP contribution in [0, 0.1) is 0 Å². The number of carboxylic acids is 1. The molecule has 0 unspecified atom stereocenters. The van der Waals surface area contributed by atoms with Crippen molar-refractivity contribution in [3.8, 4) is 16.3 Å². The van der Waals surface area contributed by atoms with Gasteiger partial charge in [0.1, 0.15) is 16.6 Å². The third-order valence-electron chi connectivity index (χ3n) is 5.90. The Bertz CT molecular complexity index is 1440. The van der Waals surface area contributed by atoms with E-state index in [1.165, 1.54) is 16.7 Å². The SMILES string of the molecule is CCN1c2ncc(CCOc3ccc(-c4nc(C(=O)O)cs4)cc3)cc2C(=O)N(C)c2cccnc21. The summed E-state index contributed by atoms with van der Waals surface area (Å²) in [6.45, 7) is 3.04. The molecule has 1 aromatic carbocycles. The molecule has 1 N–H and O–H groups in total. The number of rotatable bonds is 7. The van der Waals surface area contributed by atoms with Gasteiger partial charge < -0.3 is 19.6 Å². The summed E-state index contributed by atoms with van der Waals surface area (Å²) < 4.78 is 5.90. The van der Waals surface area contributed by atoms with Gasteiger partial charge in [-0.05, 0) is 55.0 Å². The molecule has 0 saturated heterocycles. The van der Waals surface area contributed by atoms with Gasteiger partial charge in [0, 0.05) is 43.4 Å². The molecule has 4 aromatic rings. The number of amides is 1. The molecule has 0 aliphatic carbocycles. The minimum atomic E-state index is -1.04. The van der Waals surface area contributed by atoms with E-state index in [0.717, 1.165) is 16.8 Å². The van der Waals surface area contributed by atoms with Crippen LogP contribution < -0.4 is 14.5 Å². The lowest BCUT2D eigenvalue weighted by Gasteiger charge is -2.22. The van der Waals surface area contributed by atoms with E-state index in [9.17, 15) is 9.59 Å². The molecule has 0 atom stereocenters. The summed E-state index contributed by atoms with van der Waals surface area (Å²) >= 11 is 1.28. The zero-order chi connectivity index (χ0) is 25.2. The van der Waals surface area contributed by atoms with Crippen LogP contribution in [0.2, 0.25) is 0 Å². The summed E-state index contributed by atoms with van der Waals surface area (Å²) in [6, 6.07) is 12.9. The van der Waals surface area contributed by atoms with E-state index in [2.05, 4.69) is 15.0 Å². The monoisotopic (exact) mass is 501 g/mol. The molecule has 1 amide bonds. The summed E-state index contributed by atoms with van der Waals surface area (Å²) in [5, 5.41) is 11.2. The molecule has 3 aromatic heterocycles. The van der Waals surface area contributed by atoms with Crippen molar-refractivity contribution in [3.63, 3.8) is 0 Å². The van der Waals surface area contributed by atoms with Gasteiger partial charge in [0.15, 0.2) is 11.5 Å². The number of carbonyl (C=O) groups is 2. The molecule has 0 saturated carbocycles. The van der Waals surface area contributed by atoms with Crippen molar-refractivity contribution in [1.29, 1.82) is 0 Å². The molecule has 4 heterocycles. The Labute approximate surface area is 211 Å². The maximum absolute atomic E-state index is 13.3. The average molecular weight is 502 g/mol. The smallest absolute Gasteiger partial charge is 0.355 e. The van der Waals surface area contributed by atoms with E-state index in [4.69, 9.17) is 9.84 Å². The van der Waals surface area contributed by atoms with E-state index >= 15 is 0 Å². The number of pyridine rings is 2. The largest absolute Gasteiger partial charge is 0.493 e. The second kappa shape index (κ2) is 9.74. The molecular formula is C26H23N5O4S. The second-order valence-corrected chi connectivity index (χ2v) is 8.99. The van der Waals surface area contributed by atoms with E-state index in [1.807, 2.05) is 54.3 Å². The number of benzene rings is 1.